The molecule has 1 N–H and O–H groups in total. The standard InChI is InChI=1S/C44H34N8O.Zn/c1-52(2,3)24-23-26-19-21-27(22-20-26)53-37-18-10-17-34-35-25-36(38(34)37)46-40-29-12-5-7-14-31(29)42(48-40)50-44-33-16-9-8-15-32(33)43(51-44)49-41-30-13-6-4-11-28(30)39(45-35)47-41;/h4-22,40,46H,23-24H2,1-3H3;/q-2;/b45-35+;. The van der Waals surface area contributed by atoms with Gasteiger partial charge in [0.2, 0.25) is 0 Å². The Balaban J connectivity index is 0.00000384. The smallest absolute Gasteiger partial charge is 0.125 e. The zero-order chi connectivity index (χ0) is 35.7. The summed E-state index contributed by atoms with van der Waals surface area (Å²) < 4.78 is 7.56. The minimum absolute atomic E-state index is 0. The Morgan fingerprint density at radius 2 is 1.33 bits per heavy atom. The van der Waals surface area contributed by atoms with Crippen molar-refractivity contribution in [3.05, 3.63) is 166 Å². The molecule has 54 heavy (non-hydrogen) atoms. The van der Waals surface area contributed by atoms with Crippen molar-refractivity contribution in [1.82, 2.24) is 10.3 Å². The fourth-order valence-corrected chi connectivity index (χ4v) is 7.20. The van der Waals surface area contributed by atoms with Crippen molar-refractivity contribution in [3.8, 4) is 11.5 Å². The maximum atomic E-state index is 6.65. The van der Waals surface area contributed by atoms with Gasteiger partial charge in [-0.3, -0.25) is 0 Å². The van der Waals surface area contributed by atoms with Gasteiger partial charge in [0.15, 0.2) is 0 Å². The molecule has 4 aliphatic rings. The van der Waals surface area contributed by atoms with Crippen LogP contribution in [0.3, 0.4) is 0 Å². The van der Waals surface area contributed by atoms with Gasteiger partial charge in [-0.2, -0.15) is 5.56 Å². The first-order valence-corrected chi connectivity index (χ1v) is 17.8. The monoisotopic (exact) mass is 754 g/mol. The molecule has 10 rings (SSSR count). The van der Waals surface area contributed by atoms with Gasteiger partial charge in [0, 0.05) is 48.7 Å². The molecule has 0 radical (unpaired) electrons. The van der Waals surface area contributed by atoms with Crippen molar-refractivity contribution >= 4 is 51.3 Å². The number of allylic oxidation sites excluding steroid dienone is 1. The van der Waals surface area contributed by atoms with E-state index in [-0.39, 0.29) is 19.5 Å². The normalized spacial score (nSPS) is 18.3. The van der Waals surface area contributed by atoms with Crippen molar-refractivity contribution in [3.63, 3.8) is 0 Å². The van der Waals surface area contributed by atoms with E-state index in [1.807, 2.05) is 84.9 Å². The topological polar surface area (TPSA) is 98.9 Å². The van der Waals surface area contributed by atoms with Crippen LogP contribution in [0.15, 0.2) is 135 Å². The molecule has 1 atom stereocenters. The third kappa shape index (κ3) is 5.97. The van der Waals surface area contributed by atoms with Crippen molar-refractivity contribution in [1.29, 1.82) is 0 Å². The van der Waals surface area contributed by atoms with Gasteiger partial charge in [-0.25, -0.2) is 4.99 Å². The predicted octanol–water partition coefficient (Wildman–Crippen LogP) is 8.39. The van der Waals surface area contributed by atoms with E-state index in [2.05, 4.69) is 62.9 Å². The van der Waals surface area contributed by atoms with E-state index in [9.17, 15) is 0 Å². The maximum Gasteiger partial charge on any atom is 0.125 e. The number of ether oxygens (including phenoxy) is 1. The number of amidine groups is 3. The number of hydrogen-bond donors (Lipinski definition) is 1. The molecular weight excluding hydrogens is 722 g/mol. The minimum atomic E-state index is -0.434. The Labute approximate surface area is 326 Å². The summed E-state index contributed by atoms with van der Waals surface area (Å²) in [6.07, 6.45) is 4.16. The summed E-state index contributed by atoms with van der Waals surface area (Å²) in [5.74, 6) is 4.27. The molecule has 8 bridgehead atoms. The van der Waals surface area contributed by atoms with Crippen LogP contribution in [0.5, 0.6) is 11.5 Å². The van der Waals surface area contributed by atoms with Crippen LogP contribution < -0.4 is 15.0 Å². The molecule has 0 fully saturated rings. The summed E-state index contributed by atoms with van der Waals surface area (Å²) in [5, 5.41) is 10.6. The summed E-state index contributed by atoms with van der Waals surface area (Å²) in [4.78, 5) is 25.3. The number of benzene rings is 5. The Morgan fingerprint density at radius 1 is 0.685 bits per heavy atom. The summed E-state index contributed by atoms with van der Waals surface area (Å²) in [7, 11) is 6.64. The molecule has 6 aromatic rings. The molecule has 5 aromatic carbocycles. The Morgan fingerprint density at radius 3 is 2.07 bits per heavy atom. The zero-order valence-electron chi connectivity index (χ0n) is 30.2. The first-order valence-electron chi connectivity index (χ1n) is 17.8. The van der Waals surface area contributed by atoms with Gasteiger partial charge in [-0.15, -0.1) is 23.4 Å². The van der Waals surface area contributed by atoms with Gasteiger partial charge in [-0.1, -0.05) is 103 Å². The third-order valence-electron chi connectivity index (χ3n) is 9.91. The van der Waals surface area contributed by atoms with E-state index < -0.39 is 6.17 Å². The second-order valence-corrected chi connectivity index (χ2v) is 14.6. The van der Waals surface area contributed by atoms with E-state index in [0.717, 1.165) is 73.0 Å². The zero-order valence-corrected chi connectivity index (χ0v) is 33.2. The second-order valence-electron chi connectivity index (χ2n) is 14.6. The molecular formula is C44H34N8OZn-2. The number of aromatic nitrogens is 1. The van der Waals surface area contributed by atoms with Crippen LogP contribution in [0.25, 0.3) is 21.8 Å². The summed E-state index contributed by atoms with van der Waals surface area (Å²) >= 11 is 0. The van der Waals surface area contributed by atoms with Crippen molar-refractivity contribution in [2.75, 3.05) is 27.7 Å². The largest absolute Gasteiger partial charge is 0.471 e. The first-order chi connectivity index (χ1) is 25.8. The number of hydrogen-bond acceptors (Lipinski definition) is 6. The van der Waals surface area contributed by atoms with E-state index >= 15 is 0 Å². The van der Waals surface area contributed by atoms with Gasteiger partial charge in [0.1, 0.15) is 5.75 Å². The van der Waals surface area contributed by atoms with Crippen LogP contribution in [0.4, 0.5) is 11.6 Å². The van der Waals surface area contributed by atoms with Gasteiger partial charge >= 0.3 is 0 Å². The summed E-state index contributed by atoms with van der Waals surface area (Å²) in [5.41, 5.74) is 8.13. The molecule has 3 aliphatic heterocycles. The molecule has 1 aromatic heterocycles. The molecule has 0 saturated heterocycles. The number of nitrogens with one attached hydrogen (secondary N) is 1. The van der Waals surface area contributed by atoms with Gasteiger partial charge in [-0.05, 0) is 45.7 Å². The average molecular weight is 756 g/mol. The molecule has 1 unspecified atom stereocenters. The summed E-state index contributed by atoms with van der Waals surface area (Å²) in [6.45, 7) is 1.05. The van der Waals surface area contributed by atoms with Crippen molar-refractivity contribution < 1.29 is 28.7 Å². The van der Waals surface area contributed by atoms with E-state index in [0.29, 0.717) is 40.6 Å². The fourth-order valence-electron chi connectivity index (χ4n) is 7.20. The van der Waals surface area contributed by atoms with Crippen LogP contribution in [0.2, 0.25) is 0 Å². The maximum absolute atomic E-state index is 6.65. The van der Waals surface area contributed by atoms with Crippen LogP contribution in [-0.2, 0) is 25.9 Å². The van der Waals surface area contributed by atoms with E-state index in [1.165, 1.54) is 5.56 Å². The average Bonchev–Trinajstić information content (AvgIpc) is 3.90. The predicted molar refractivity (Wildman–Crippen MR) is 211 cm³/mol. The Hall–Kier alpha value is -5.96. The SMILES string of the molecule is C[N+](C)(C)CCc1ccc(Oc2cccc3c2C2=[C-]/C3=N\c3[n-]c(c4ccccc34)/N=C3\N=C(N=C4[N-]C(N2)c2ccccc24)c2ccccc23)cc1.[Zn]. The van der Waals surface area contributed by atoms with Crippen LogP contribution in [-0.4, -0.2) is 55.4 Å². The molecule has 260 valence electrons. The molecule has 0 amide bonds. The van der Waals surface area contributed by atoms with Crippen LogP contribution in [0, 0.1) is 6.08 Å². The minimum Gasteiger partial charge on any atom is -0.471 e. The van der Waals surface area contributed by atoms with E-state index in [4.69, 9.17) is 35.0 Å². The van der Waals surface area contributed by atoms with Crippen molar-refractivity contribution in [2.24, 2.45) is 20.0 Å². The Kier molecular flexibility index (Phi) is 8.25. The number of nitrogens with zero attached hydrogens (tertiary/aromatic N) is 7. The Bertz CT molecular complexity index is 2640. The first kappa shape index (κ1) is 33.9. The number of quaternary nitrogens is 1. The molecule has 0 spiro atoms. The molecule has 0 saturated carbocycles. The van der Waals surface area contributed by atoms with Crippen LogP contribution in [0.1, 0.15) is 45.1 Å². The second kappa shape index (κ2) is 13.2. The van der Waals surface area contributed by atoms with Gasteiger partial charge in [0.25, 0.3) is 0 Å². The van der Waals surface area contributed by atoms with Gasteiger partial charge in [0.05, 0.1) is 51.3 Å². The number of aliphatic imine (C=N–C) groups is 4. The molecule has 10 heteroatoms. The van der Waals surface area contributed by atoms with Gasteiger partial charge < -0.3 is 39.8 Å². The number of rotatable bonds is 5. The van der Waals surface area contributed by atoms with E-state index in [1.54, 1.807) is 0 Å². The molecule has 1 aliphatic carbocycles. The number of fused-ring (bicyclic) bond motifs is 18. The van der Waals surface area contributed by atoms with Crippen molar-refractivity contribution in [2.45, 2.75) is 12.6 Å². The molecule has 9 nitrogen and oxygen atoms in total. The quantitative estimate of drug-likeness (QED) is 0.109. The van der Waals surface area contributed by atoms with Crippen LogP contribution >= 0.6 is 0 Å². The molecule has 4 heterocycles. The summed E-state index contributed by atoms with van der Waals surface area (Å²) in [6, 6.07) is 38.6. The number of likely N-dealkylation sites (N-methyl/N-ethyl adjacent to an activating group) is 1. The fraction of sp³-hybridized carbons (Fsp3) is 0.136. The third-order valence-corrected chi connectivity index (χ3v) is 9.91.